The molecule has 1 amide bonds. The number of benzene rings is 1. The third kappa shape index (κ3) is 3.00. The van der Waals surface area contributed by atoms with Crippen LogP contribution in [0.4, 0.5) is 5.13 Å². The van der Waals surface area contributed by atoms with E-state index in [4.69, 9.17) is 0 Å². The number of rotatable bonds is 4. The summed E-state index contributed by atoms with van der Waals surface area (Å²) in [6.07, 6.45) is 4.69. The molecule has 1 N–H and O–H groups in total. The van der Waals surface area contributed by atoms with Crippen molar-refractivity contribution in [3.05, 3.63) is 45.3 Å². The van der Waals surface area contributed by atoms with Gasteiger partial charge in [0.25, 0.3) is 0 Å². The molecule has 0 aliphatic heterocycles. The molecule has 25 heavy (non-hydrogen) atoms. The largest absolute Gasteiger partial charge is 0.328 e. The second-order valence-electron chi connectivity index (χ2n) is 6.38. The first-order chi connectivity index (χ1) is 12.1. The molecular weight excluding hydrogens is 336 g/mol. The number of amides is 1. The number of imidazole rings is 1. The summed E-state index contributed by atoms with van der Waals surface area (Å²) in [5.41, 5.74) is 2.77. The van der Waals surface area contributed by atoms with Crippen molar-refractivity contribution in [1.29, 1.82) is 0 Å². The second-order valence-corrected chi connectivity index (χ2v) is 7.46. The molecule has 0 saturated carbocycles. The monoisotopic (exact) mass is 356 g/mol. The van der Waals surface area contributed by atoms with E-state index in [1.165, 1.54) is 17.7 Å². The van der Waals surface area contributed by atoms with Crippen molar-refractivity contribution in [3.63, 3.8) is 0 Å². The molecule has 1 aliphatic carbocycles. The third-order valence-electron chi connectivity index (χ3n) is 4.71. The molecule has 130 valence electrons. The Balaban J connectivity index is 1.47. The molecule has 2 aromatic heterocycles. The number of hydrogen-bond donors (Lipinski definition) is 1. The van der Waals surface area contributed by atoms with Gasteiger partial charge in [-0.05, 0) is 37.8 Å². The smallest absolute Gasteiger partial charge is 0.302 e. The van der Waals surface area contributed by atoms with Crippen LogP contribution in [0.25, 0.3) is 11.0 Å². The Morgan fingerprint density at radius 3 is 2.80 bits per heavy atom. The van der Waals surface area contributed by atoms with E-state index in [-0.39, 0.29) is 18.0 Å². The van der Waals surface area contributed by atoms with Crippen LogP contribution in [0.2, 0.25) is 0 Å². The molecule has 0 bridgehead atoms. The zero-order valence-electron chi connectivity index (χ0n) is 14.1. The van der Waals surface area contributed by atoms with Gasteiger partial charge in [-0.15, -0.1) is 11.3 Å². The van der Waals surface area contributed by atoms with Gasteiger partial charge >= 0.3 is 5.69 Å². The van der Waals surface area contributed by atoms with Gasteiger partial charge in [-0.2, -0.15) is 0 Å². The van der Waals surface area contributed by atoms with Crippen LogP contribution in [0.15, 0.2) is 29.1 Å². The predicted octanol–water partition coefficient (Wildman–Crippen LogP) is 2.70. The van der Waals surface area contributed by atoms with Crippen LogP contribution < -0.4 is 11.0 Å². The number of para-hydroxylation sites is 2. The number of thiazole rings is 1. The maximum absolute atomic E-state index is 12.4. The highest BCUT2D eigenvalue weighted by molar-refractivity contribution is 7.15. The van der Waals surface area contributed by atoms with Gasteiger partial charge in [-0.25, -0.2) is 9.78 Å². The molecule has 0 saturated heterocycles. The van der Waals surface area contributed by atoms with Crippen LogP contribution in [-0.4, -0.2) is 20.0 Å². The highest BCUT2D eigenvalue weighted by Gasteiger charge is 2.17. The number of fused-ring (bicyclic) bond motifs is 2. The molecule has 0 spiro atoms. The van der Waals surface area contributed by atoms with Gasteiger partial charge in [0.2, 0.25) is 5.91 Å². The normalized spacial score (nSPS) is 13.8. The van der Waals surface area contributed by atoms with E-state index in [1.54, 1.807) is 27.5 Å². The van der Waals surface area contributed by atoms with Gasteiger partial charge in [-0.1, -0.05) is 12.1 Å². The molecule has 3 aromatic rings. The summed E-state index contributed by atoms with van der Waals surface area (Å²) in [6, 6.07) is 7.62. The van der Waals surface area contributed by atoms with E-state index >= 15 is 0 Å². The van der Waals surface area contributed by atoms with Gasteiger partial charge in [-0.3, -0.25) is 13.9 Å². The summed E-state index contributed by atoms with van der Waals surface area (Å²) in [5, 5.41) is 3.57. The maximum atomic E-state index is 12.4. The number of nitrogens with zero attached hydrogens (tertiary/aromatic N) is 3. The first kappa shape index (κ1) is 16.1. The number of hydrogen-bond acceptors (Lipinski definition) is 4. The second kappa shape index (κ2) is 6.48. The fourth-order valence-electron chi connectivity index (χ4n) is 3.38. The Hall–Kier alpha value is -2.41. The van der Waals surface area contributed by atoms with Crippen LogP contribution in [0, 0.1) is 0 Å². The topological polar surface area (TPSA) is 68.9 Å². The van der Waals surface area contributed by atoms with Crippen LogP contribution in [0.5, 0.6) is 0 Å². The summed E-state index contributed by atoms with van der Waals surface area (Å²) in [6.45, 7) is 0.358. The summed E-state index contributed by atoms with van der Waals surface area (Å²) in [5.74, 6) is -0.106. The fraction of sp³-hybridized carbons (Fsp3) is 0.389. The lowest BCUT2D eigenvalue weighted by Crippen LogP contribution is -2.24. The van der Waals surface area contributed by atoms with Crippen molar-refractivity contribution in [3.8, 4) is 0 Å². The number of anilines is 1. The predicted molar refractivity (Wildman–Crippen MR) is 99.2 cm³/mol. The average molecular weight is 356 g/mol. The summed E-state index contributed by atoms with van der Waals surface area (Å²) >= 11 is 1.58. The zero-order chi connectivity index (χ0) is 17.4. The van der Waals surface area contributed by atoms with E-state index in [2.05, 4.69) is 10.3 Å². The van der Waals surface area contributed by atoms with E-state index in [1.807, 2.05) is 24.3 Å². The molecular formula is C18H20N4O2S. The maximum Gasteiger partial charge on any atom is 0.328 e. The van der Waals surface area contributed by atoms with E-state index < -0.39 is 0 Å². The quantitative estimate of drug-likeness (QED) is 0.781. The van der Waals surface area contributed by atoms with Crippen LogP contribution in [-0.2, 0) is 31.2 Å². The number of nitrogens with one attached hydrogen (secondary N) is 1. The lowest BCUT2D eigenvalue weighted by Gasteiger charge is -2.06. The lowest BCUT2D eigenvalue weighted by molar-refractivity contribution is -0.116. The van der Waals surface area contributed by atoms with E-state index in [0.29, 0.717) is 11.7 Å². The Morgan fingerprint density at radius 2 is 2.00 bits per heavy atom. The molecule has 0 unspecified atom stereocenters. The van der Waals surface area contributed by atoms with E-state index in [0.717, 1.165) is 29.6 Å². The first-order valence-electron chi connectivity index (χ1n) is 8.56. The number of aromatic nitrogens is 3. The van der Waals surface area contributed by atoms with Gasteiger partial charge in [0, 0.05) is 24.9 Å². The molecule has 7 heteroatoms. The number of carbonyl (C=O) groups excluding carboxylic acids is 1. The summed E-state index contributed by atoms with van der Waals surface area (Å²) < 4.78 is 3.27. The minimum Gasteiger partial charge on any atom is -0.302 e. The van der Waals surface area contributed by atoms with Gasteiger partial charge < -0.3 is 5.32 Å². The minimum absolute atomic E-state index is 0.0984. The SMILES string of the molecule is Cn1c(=O)n(CCC(=O)Nc2nc3c(s2)CCCC3)c2ccccc21. The van der Waals surface area contributed by atoms with Crippen molar-refractivity contribution in [1.82, 2.24) is 14.1 Å². The van der Waals surface area contributed by atoms with Crippen molar-refractivity contribution in [2.24, 2.45) is 7.05 Å². The lowest BCUT2D eigenvalue weighted by atomic mass is 10.0. The Bertz CT molecular complexity index is 975. The molecule has 1 aliphatic rings. The van der Waals surface area contributed by atoms with Crippen molar-refractivity contribution in [2.45, 2.75) is 38.6 Å². The van der Waals surface area contributed by atoms with Crippen molar-refractivity contribution >= 4 is 33.4 Å². The standard InChI is InChI=1S/C18H20N4O2S/c1-21-13-7-3-4-8-14(13)22(18(21)24)11-10-16(23)20-17-19-12-6-2-5-9-15(12)25-17/h3-4,7-8H,2,5-6,9-11H2,1H3,(H,19,20,23). The molecule has 0 fully saturated rings. The molecule has 6 nitrogen and oxygen atoms in total. The highest BCUT2D eigenvalue weighted by atomic mass is 32.1. The van der Waals surface area contributed by atoms with Crippen molar-refractivity contribution in [2.75, 3.05) is 5.32 Å². The average Bonchev–Trinajstić information content (AvgIpc) is 3.13. The molecule has 0 atom stereocenters. The fourth-order valence-corrected chi connectivity index (χ4v) is 4.45. The van der Waals surface area contributed by atoms with E-state index in [9.17, 15) is 9.59 Å². The van der Waals surface area contributed by atoms with Gasteiger partial charge in [0.15, 0.2) is 5.13 Å². The molecule has 4 rings (SSSR count). The van der Waals surface area contributed by atoms with Crippen LogP contribution >= 0.6 is 11.3 Å². The van der Waals surface area contributed by atoms with Crippen LogP contribution in [0.3, 0.4) is 0 Å². The zero-order valence-corrected chi connectivity index (χ0v) is 14.9. The Labute approximate surface area is 149 Å². The number of aryl methyl sites for hydroxylation is 4. The Kier molecular flexibility index (Phi) is 4.17. The molecule has 0 radical (unpaired) electrons. The summed E-state index contributed by atoms with van der Waals surface area (Å²) in [7, 11) is 1.75. The first-order valence-corrected chi connectivity index (χ1v) is 9.38. The highest BCUT2D eigenvalue weighted by Crippen LogP contribution is 2.29. The van der Waals surface area contributed by atoms with Gasteiger partial charge in [0.1, 0.15) is 0 Å². The van der Waals surface area contributed by atoms with Gasteiger partial charge in [0.05, 0.1) is 16.7 Å². The summed E-state index contributed by atoms with van der Waals surface area (Å²) in [4.78, 5) is 30.5. The Morgan fingerprint density at radius 1 is 1.24 bits per heavy atom. The third-order valence-corrected chi connectivity index (χ3v) is 5.78. The minimum atomic E-state index is -0.106. The van der Waals surface area contributed by atoms with Crippen molar-refractivity contribution < 1.29 is 4.79 Å². The molecule has 1 aromatic carbocycles. The molecule has 2 heterocycles. The van der Waals surface area contributed by atoms with Crippen LogP contribution in [0.1, 0.15) is 29.8 Å². The number of carbonyl (C=O) groups is 1.